The van der Waals surface area contributed by atoms with Gasteiger partial charge in [0.05, 0.1) is 19.9 Å². The van der Waals surface area contributed by atoms with Gasteiger partial charge in [-0.2, -0.15) is 0 Å². The molecule has 0 saturated heterocycles. The van der Waals surface area contributed by atoms with Gasteiger partial charge < -0.3 is 19.7 Å². The number of hydrogen-bond acceptors (Lipinski definition) is 5. The number of methoxy groups -OCH3 is 2. The Morgan fingerprint density at radius 1 is 1.14 bits per heavy atom. The Labute approximate surface area is 174 Å². The van der Waals surface area contributed by atoms with Crippen molar-refractivity contribution in [1.29, 1.82) is 0 Å². The monoisotopic (exact) mass is 415 g/mol. The molecule has 0 spiro atoms. The molecule has 7 nitrogen and oxygen atoms in total. The van der Waals surface area contributed by atoms with Crippen molar-refractivity contribution >= 4 is 34.8 Å². The number of amides is 2. The summed E-state index contributed by atoms with van der Waals surface area (Å²) in [4.78, 5) is 31.6. The Morgan fingerprint density at radius 3 is 2.45 bits per heavy atom. The first-order valence-electron chi connectivity index (χ1n) is 8.95. The molecule has 2 aromatic carbocycles. The molecule has 0 bridgehead atoms. The number of rotatable bonds is 6. The SMILES string of the molecule is COc1ccc(OC)c(NC(=O)CN2C(=O)C(c3ccc(Cl)cc3)=NC2(C)C)c1. The summed E-state index contributed by atoms with van der Waals surface area (Å²) < 4.78 is 10.5. The Balaban J connectivity index is 1.77. The van der Waals surface area contributed by atoms with Crippen LogP contribution in [0.2, 0.25) is 5.02 Å². The molecule has 0 atom stereocenters. The zero-order valence-electron chi connectivity index (χ0n) is 16.7. The highest BCUT2D eigenvalue weighted by Gasteiger charge is 2.41. The van der Waals surface area contributed by atoms with Gasteiger partial charge in [0.15, 0.2) is 0 Å². The summed E-state index contributed by atoms with van der Waals surface area (Å²) in [6.45, 7) is 3.41. The van der Waals surface area contributed by atoms with Crippen molar-refractivity contribution < 1.29 is 19.1 Å². The average molecular weight is 416 g/mol. The molecule has 2 amide bonds. The minimum absolute atomic E-state index is 0.160. The van der Waals surface area contributed by atoms with Gasteiger partial charge in [0.1, 0.15) is 29.4 Å². The van der Waals surface area contributed by atoms with Crippen LogP contribution in [-0.4, -0.2) is 48.9 Å². The predicted molar refractivity (Wildman–Crippen MR) is 112 cm³/mol. The normalized spacial score (nSPS) is 15.1. The van der Waals surface area contributed by atoms with Crippen LogP contribution in [0.5, 0.6) is 11.5 Å². The number of hydrogen-bond donors (Lipinski definition) is 1. The lowest BCUT2D eigenvalue weighted by molar-refractivity contribution is -0.131. The second-order valence-electron chi connectivity index (χ2n) is 6.97. The van der Waals surface area contributed by atoms with Gasteiger partial charge in [0.25, 0.3) is 5.91 Å². The first kappa shape index (κ1) is 20.7. The maximum Gasteiger partial charge on any atom is 0.275 e. The topological polar surface area (TPSA) is 80.2 Å². The molecule has 1 heterocycles. The van der Waals surface area contributed by atoms with E-state index in [4.69, 9.17) is 21.1 Å². The molecule has 8 heteroatoms. The first-order valence-corrected chi connectivity index (χ1v) is 9.32. The maximum atomic E-state index is 13.0. The number of nitrogens with zero attached hydrogens (tertiary/aromatic N) is 2. The second-order valence-corrected chi connectivity index (χ2v) is 7.40. The molecule has 3 rings (SSSR count). The molecule has 29 heavy (non-hydrogen) atoms. The van der Waals surface area contributed by atoms with Crippen LogP contribution in [-0.2, 0) is 9.59 Å². The molecule has 0 aromatic heterocycles. The summed E-state index contributed by atoms with van der Waals surface area (Å²) >= 11 is 5.92. The van der Waals surface area contributed by atoms with Crippen LogP contribution in [0.4, 0.5) is 5.69 Å². The summed E-state index contributed by atoms with van der Waals surface area (Å²) in [5.74, 6) is 0.381. The van der Waals surface area contributed by atoms with Crippen LogP contribution in [0.3, 0.4) is 0 Å². The molecule has 152 valence electrons. The van der Waals surface area contributed by atoms with Crippen molar-refractivity contribution in [2.45, 2.75) is 19.5 Å². The third kappa shape index (κ3) is 4.35. The lowest BCUT2D eigenvalue weighted by Crippen LogP contribution is -2.46. The van der Waals surface area contributed by atoms with Crippen molar-refractivity contribution in [3.8, 4) is 11.5 Å². The molecular weight excluding hydrogens is 394 g/mol. The number of anilines is 1. The molecule has 2 aromatic rings. The quantitative estimate of drug-likeness (QED) is 0.784. The minimum atomic E-state index is -0.859. The van der Waals surface area contributed by atoms with E-state index in [1.807, 2.05) is 0 Å². The number of ether oxygens (including phenoxy) is 2. The van der Waals surface area contributed by atoms with Crippen molar-refractivity contribution in [2.24, 2.45) is 4.99 Å². The molecule has 0 radical (unpaired) electrons. The van der Waals surface area contributed by atoms with Gasteiger partial charge in [-0.05, 0) is 38.1 Å². The first-order chi connectivity index (χ1) is 13.7. The van der Waals surface area contributed by atoms with Crippen LogP contribution in [0.1, 0.15) is 19.4 Å². The lowest BCUT2D eigenvalue weighted by atomic mass is 10.1. The van der Waals surface area contributed by atoms with Crippen molar-refractivity contribution in [2.75, 3.05) is 26.1 Å². The highest BCUT2D eigenvalue weighted by Crippen LogP contribution is 2.30. The average Bonchev–Trinajstić information content (AvgIpc) is 2.92. The molecule has 1 aliphatic rings. The highest BCUT2D eigenvalue weighted by atomic mass is 35.5. The molecule has 0 aliphatic carbocycles. The number of nitrogens with one attached hydrogen (secondary N) is 1. The summed E-state index contributed by atoms with van der Waals surface area (Å²) in [6.07, 6.45) is 0. The Kier molecular flexibility index (Phi) is 5.79. The number of aliphatic imine (C=N–C) groups is 1. The van der Waals surface area contributed by atoms with Gasteiger partial charge in [0.2, 0.25) is 5.91 Å². The molecule has 1 aliphatic heterocycles. The number of carbonyl (C=O) groups excluding carboxylic acids is 2. The zero-order valence-corrected chi connectivity index (χ0v) is 17.4. The third-order valence-corrected chi connectivity index (χ3v) is 4.85. The van der Waals surface area contributed by atoms with Gasteiger partial charge in [-0.1, -0.05) is 23.7 Å². The molecule has 0 fully saturated rings. The summed E-state index contributed by atoms with van der Waals surface area (Å²) in [7, 11) is 3.05. The Morgan fingerprint density at radius 2 is 1.83 bits per heavy atom. The Hall–Kier alpha value is -3.06. The van der Waals surface area contributed by atoms with Crippen molar-refractivity contribution in [1.82, 2.24) is 4.90 Å². The van der Waals surface area contributed by atoms with E-state index >= 15 is 0 Å². The summed E-state index contributed by atoms with van der Waals surface area (Å²) in [5.41, 5.74) is 0.561. The zero-order chi connectivity index (χ0) is 21.2. The molecular formula is C21H22ClN3O4. The summed E-state index contributed by atoms with van der Waals surface area (Å²) in [6, 6.07) is 12.0. The standard InChI is InChI=1S/C21H22ClN3O4/c1-21(2)24-19(13-5-7-14(22)8-6-13)20(27)25(21)12-18(26)23-16-11-15(28-3)9-10-17(16)29-4/h5-11H,12H2,1-4H3,(H,23,26). The van der Waals surface area contributed by atoms with E-state index in [0.29, 0.717) is 33.5 Å². The second kappa shape index (κ2) is 8.13. The van der Waals surface area contributed by atoms with Gasteiger partial charge in [-0.15, -0.1) is 0 Å². The van der Waals surface area contributed by atoms with E-state index in [2.05, 4.69) is 10.3 Å². The van der Waals surface area contributed by atoms with Crippen molar-refractivity contribution in [3.05, 3.63) is 53.1 Å². The smallest absolute Gasteiger partial charge is 0.275 e. The molecule has 1 N–H and O–H groups in total. The van der Waals surface area contributed by atoms with E-state index in [0.717, 1.165) is 0 Å². The lowest BCUT2D eigenvalue weighted by Gasteiger charge is -2.28. The fourth-order valence-corrected chi connectivity index (χ4v) is 3.19. The minimum Gasteiger partial charge on any atom is -0.497 e. The fourth-order valence-electron chi connectivity index (χ4n) is 3.06. The third-order valence-electron chi connectivity index (χ3n) is 4.59. The van der Waals surface area contributed by atoms with Crippen LogP contribution < -0.4 is 14.8 Å². The fraction of sp³-hybridized carbons (Fsp3) is 0.286. The number of carbonyl (C=O) groups is 2. The van der Waals surface area contributed by atoms with E-state index in [9.17, 15) is 9.59 Å². The highest BCUT2D eigenvalue weighted by molar-refractivity contribution is 6.47. The van der Waals surface area contributed by atoms with Gasteiger partial charge >= 0.3 is 0 Å². The van der Waals surface area contributed by atoms with E-state index in [1.165, 1.54) is 19.1 Å². The van der Waals surface area contributed by atoms with E-state index in [1.54, 1.807) is 56.3 Å². The van der Waals surface area contributed by atoms with Crippen LogP contribution in [0.15, 0.2) is 47.5 Å². The van der Waals surface area contributed by atoms with Gasteiger partial charge in [-0.3, -0.25) is 14.6 Å². The van der Waals surface area contributed by atoms with Crippen LogP contribution in [0.25, 0.3) is 0 Å². The van der Waals surface area contributed by atoms with Crippen molar-refractivity contribution in [3.63, 3.8) is 0 Å². The number of benzene rings is 2. The van der Waals surface area contributed by atoms with Gasteiger partial charge in [0, 0.05) is 16.7 Å². The van der Waals surface area contributed by atoms with E-state index < -0.39 is 5.66 Å². The Bertz CT molecular complexity index is 970. The van der Waals surface area contributed by atoms with Gasteiger partial charge in [-0.25, -0.2) is 0 Å². The maximum absolute atomic E-state index is 13.0. The van der Waals surface area contributed by atoms with E-state index in [-0.39, 0.29) is 18.4 Å². The van der Waals surface area contributed by atoms with Crippen LogP contribution in [0, 0.1) is 0 Å². The molecule has 0 saturated carbocycles. The van der Waals surface area contributed by atoms with Crippen LogP contribution >= 0.6 is 11.6 Å². The molecule has 0 unspecified atom stereocenters. The largest absolute Gasteiger partial charge is 0.497 e. The number of halogens is 1. The summed E-state index contributed by atoms with van der Waals surface area (Å²) in [5, 5.41) is 3.35. The predicted octanol–water partition coefficient (Wildman–Crippen LogP) is 3.36.